The van der Waals surface area contributed by atoms with Crippen LogP contribution in [0.5, 0.6) is 5.75 Å². The number of aromatic nitrogens is 1. The molecule has 0 fully saturated rings. The van der Waals surface area contributed by atoms with E-state index in [1.54, 1.807) is 7.11 Å². The molecule has 7 nitrogen and oxygen atoms in total. The average Bonchev–Trinajstić information content (AvgIpc) is 3.24. The summed E-state index contributed by atoms with van der Waals surface area (Å²) in [5.74, 6) is 0.211. The van der Waals surface area contributed by atoms with Crippen LogP contribution in [0.2, 0.25) is 0 Å². The van der Waals surface area contributed by atoms with Crippen LogP contribution in [0.4, 0.5) is 5.69 Å². The normalized spacial score (nSPS) is 10.6. The first kappa shape index (κ1) is 22.9. The van der Waals surface area contributed by atoms with Crippen LogP contribution in [0, 0.1) is 6.92 Å². The van der Waals surface area contributed by atoms with E-state index in [2.05, 4.69) is 21.2 Å². The molecule has 4 rings (SSSR count). The van der Waals surface area contributed by atoms with Gasteiger partial charge in [0, 0.05) is 28.7 Å². The number of aryl methyl sites for hydroxylation is 2. The van der Waals surface area contributed by atoms with Crippen molar-refractivity contribution in [3.8, 4) is 17.0 Å². The second-order valence-electron chi connectivity index (χ2n) is 8.07. The molecular weight excluding hydrogens is 428 g/mol. The van der Waals surface area contributed by atoms with Gasteiger partial charge in [-0.05, 0) is 66.9 Å². The third kappa shape index (κ3) is 5.56. The Morgan fingerprint density at radius 2 is 1.59 bits per heavy atom. The second-order valence-corrected chi connectivity index (χ2v) is 8.07. The zero-order chi connectivity index (χ0) is 23.9. The van der Waals surface area contributed by atoms with Gasteiger partial charge in [0.2, 0.25) is 5.91 Å². The summed E-state index contributed by atoms with van der Waals surface area (Å²) in [6.07, 6.45) is 0.755. The average molecular weight is 457 g/mol. The summed E-state index contributed by atoms with van der Waals surface area (Å²) >= 11 is 0. The summed E-state index contributed by atoms with van der Waals surface area (Å²) in [5.41, 5.74) is 11.0. The van der Waals surface area contributed by atoms with Gasteiger partial charge in [0.15, 0.2) is 0 Å². The van der Waals surface area contributed by atoms with Crippen molar-refractivity contribution >= 4 is 28.4 Å². The number of anilines is 1. The smallest absolute Gasteiger partial charge is 0.257 e. The number of carbonyl (C=O) groups excluding carboxylic acids is 2. The molecule has 0 aliphatic heterocycles. The van der Waals surface area contributed by atoms with Crippen LogP contribution in [0.25, 0.3) is 22.2 Å². The highest BCUT2D eigenvalue weighted by molar-refractivity contribution is 5.91. The Kier molecular flexibility index (Phi) is 7.13. The molecule has 0 unspecified atom stereocenters. The number of para-hydroxylation sites is 1. The highest BCUT2D eigenvalue weighted by atomic mass is 16.5. The molecule has 0 atom stereocenters. The van der Waals surface area contributed by atoms with Crippen molar-refractivity contribution in [2.24, 2.45) is 0 Å². The van der Waals surface area contributed by atoms with E-state index in [0.29, 0.717) is 6.42 Å². The van der Waals surface area contributed by atoms with Crippen molar-refractivity contribution in [1.82, 2.24) is 15.8 Å². The molecule has 1 aromatic heterocycles. The lowest BCUT2D eigenvalue weighted by atomic mass is 10.0. The molecule has 34 heavy (non-hydrogen) atoms. The van der Waals surface area contributed by atoms with Gasteiger partial charge in [-0.15, -0.1) is 0 Å². The summed E-state index contributed by atoms with van der Waals surface area (Å²) in [5, 5.41) is 4.10. The van der Waals surface area contributed by atoms with Gasteiger partial charge in [0.25, 0.3) is 5.91 Å². The molecule has 2 amide bonds. The van der Waals surface area contributed by atoms with Crippen LogP contribution in [0.3, 0.4) is 0 Å². The standard InChI is InChI=1S/C27H28N4O3/c1-18-7-11-20(12-8-18)28-17-26(33)31-30-25(32)16-15-23-22-5-3-4-6-24(22)29-27(23)19-9-13-21(34-2)14-10-19/h3-14,28-29H,15-17H2,1-2H3,(H,30,32)(H,31,33). The SMILES string of the molecule is COc1ccc(-c2[nH]c3ccccc3c2CCC(=O)NNC(=O)CNc2ccc(C)cc2)cc1. The molecule has 1 heterocycles. The fraction of sp³-hybridized carbons (Fsp3) is 0.185. The van der Waals surface area contributed by atoms with Crippen LogP contribution in [0.1, 0.15) is 17.5 Å². The summed E-state index contributed by atoms with van der Waals surface area (Å²) < 4.78 is 5.26. The van der Waals surface area contributed by atoms with Crippen molar-refractivity contribution in [3.63, 3.8) is 0 Å². The highest BCUT2D eigenvalue weighted by Crippen LogP contribution is 2.32. The maximum absolute atomic E-state index is 12.4. The lowest BCUT2D eigenvalue weighted by Gasteiger charge is -2.10. The van der Waals surface area contributed by atoms with Gasteiger partial charge in [-0.3, -0.25) is 20.4 Å². The maximum Gasteiger partial charge on any atom is 0.257 e. The van der Waals surface area contributed by atoms with Crippen molar-refractivity contribution in [1.29, 1.82) is 0 Å². The first-order valence-electron chi connectivity index (χ1n) is 11.2. The topological polar surface area (TPSA) is 95.2 Å². The van der Waals surface area contributed by atoms with Crippen molar-refractivity contribution in [2.45, 2.75) is 19.8 Å². The molecule has 0 saturated heterocycles. The molecule has 4 aromatic rings. The predicted octanol–water partition coefficient (Wildman–Crippen LogP) is 4.34. The first-order valence-corrected chi connectivity index (χ1v) is 11.2. The van der Waals surface area contributed by atoms with E-state index in [4.69, 9.17) is 4.74 Å². The predicted molar refractivity (Wildman–Crippen MR) is 135 cm³/mol. The number of carbonyl (C=O) groups is 2. The van der Waals surface area contributed by atoms with Crippen molar-refractivity contribution in [3.05, 3.63) is 83.9 Å². The van der Waals surface area contributed by atoms with Gasteiger partial charge < -0.3 is 15.0 Å². The number of hydrogen-bond acceptors (Lipinski definition) is 4. The maximum atomic E-state index is 12.4. The molecule has 0 radical (unpaired) electrons. The van der Waals surface area contributed by atoms with Crippen LogP contribution in [0.15, 0.2) is 72.8 Å². The number of ether oxygens (including phenoxy) is 1. The fourth-order valence-electron chi connectivity index (χ4n) is 3.80. The van der Waals surface area contributed by atoms with Gasteiger partial charge in [-0.2, -0.15) is 0 Å². The minimum absolute atomic E-state index is 0.0629. The monoisotopic (exact) mass is 456 g/mol. The molecule has 0 spiro atoms. The molecule has 0 aliphatic carbocycles. The van der Waals surface area contributed by atoms with E-state index in [0.717, 1.165) is 44.7 Å². The van der Waals surface area contributed by atoms with Crippen LogP contribution >= 0.6 is 0 Å². The zero-order valence-corrected chi connectivity index (χ0v) is 19.3. The number of fused-ring (bicyclic) bond motifs is 1. The van der Waals surface area contributed by atoms with E-state index in [-0.39, 0.29) is 24.8 Å². The quantitative estimate of drug-likeness (QED) is 0.297. The van der Waals surface area contributed by atoms with E-state index < -0.39 is 0 Å². The van der Waals surface area contributed by atoms with Gasteiger partial charge in [0.05, 0.1) is 13.7 Å². The Morgan fingerprint density at radius 1 is 0.882 bits per heavy atom. The van der Waals surface area contributed by atoms with E-state index in [1.807, 2.05) is 79.7 Å². The summed E-state index contributed by atoms with van der Waals surface area (Å²) in [6.45, 7) is 2.07. The molecule has 0 bridgehead atoms. The van der Waals surface area contributed by atoms with E-state index in [1.165, 1.54) is 0 Å². The molecule has 4 N–H and O–H groups in total. The lowest BCUT2D eigenvalue weighted by molar-refractivity contribution is -0.128. The number of amides is 2. The Balaban J connectivity index is 1.36. The summed E-state index contributed by atoms with van der Waals surface area (Å²) in [4.78, 5) is 28.0. The van der Waals surface area contributed by atoms with E-state index >= 15 is 0 Å². The number of hydrazine groups is 1. The van der Waals surface area contributed by atoms with Crippen LogP contribution in [-0.2, 0) is 16.0 Å². The Labute approximate surface area is 198 Å². The van der Waals surface area contributed by atoms with Gasteiger partial charge >= 0.3 is 0 Å². The number of H-pyrrole nitrogens is 1. The number of nitrogens with one attached hydrogen (secondary N) is 4. The minimum atomic E-state index is -0.319. The Bertz CT molecular complexity index is 1280. The zero-order valence-electron chi connectivity index (χ0n) is 19.3. The number of methoxy groups -OCH3 is 1. The van der Waals surface area contributed by atoms with Gasteiger partial charge in [-0.1, -0.05) is 35.9 Å². The summed E-state index contributed by atoms with van der Waals surface area (Å²) in [6, 6.07) is 23.6. The second kappa shape index (κ2) is 10.6. The Hall–Kier alpha value is -4.26. The number of aromatic amines is 1. The van der Waals surface area contributed by atoms with Crippen LogP contribution < -0.4 is 20.9 Å². The lowest BCUT2D eigenvalue weighted by Crippen LogP contribution is -2.44. The van der Waals surface area contributed by atoms with Gasteiger partial charge in [-0.25, -0.2) is 0 Å². The molecule has 0 aliphatic rings. The summed E-state index contributed by atoms with van der Waals surface area (Å²) in [7, 11) is 1.64. The molecule has 174 valence electrons. The highest BCUT2D eigenvalue weighted by Gasteiger charge is 2.15. The van der Waals surface area contributed by atoms with E-state index in [9.17, 15) is 9.59 Å². The number of hydrogen-bond donors (Lipinski definition) is 4. The van der Waals surface area contributed by atoms with Crippen molar-refractivity contribution in [2.75, 3.05) is 19.0 Å². The number of rotatable bonds is 8. The third-order valence-corrected chi connectivity index (χ3v) is 5.64. The molecule has 0 saturated carbocycles. The minimum Gasteiger partial charge on any atom is -0.497 e. The van der Waals surface area contributed by atoms with Crippen molar-refractivity contribution < 1.29 is 14.3 Å². The molecular formula is C27H28N4O3. The molecule has 7 heteroatoms. The third-order valence-electron chi connectivity index (χ3n) is 5.64. The number of benzene rings is 3. The van der Waals surface area contributed by atoms with Crippen LogP contribution in [-0.4, -0.2) is 30.5 Å². The Morgan fingerprint density at radius 3 is 2.32 bits per heavy atom. The first-order chi connectivity index (χ1) is 16.5. The fourth-order valence-corrected chi connectivity index (χ4v) is 3.80. The molecule has 3 aromatic carbocycles. The van der Waals surface area contributed by atoms with Gasteiger partial charge in [0.1, 0.15) is 5.75 Å². The largest absolute Gasteiger partial charge is 0.497 e.